The van der Waals surface area contributed by atoms with Crippen molar-refractivity contribution in [2.75, 3.05) is 19.6 Å². The quantitative estimate of drug-likeness (QED) is 0.519. The molecule has 0 atom stereocenters. The van der Waals surface area contributed by atoms with Crippen LogP contribution in [0.1, 0.15) is 18.4 Å². The summed E-state index contributed by atoms with van der Waals surface area (Å²) in [5, 5.41) is 9.01. The van der Waals surface area contributed by atoms with Gasteiger partial charge in [-0.2, -0.15) is 5.26 Å². The molecule has 2 aromatic carbocycles. The summed E-state index contributed by atoms with van der Waals surface area (Å²) in [6.45, 7) is 4.43. The van der Waals surface area contributed by atoms with Gasteiger partial charge in [-0.3, -0.25) is 4.40 Å². The molecule has 0 bridgehead atoms. The van der Waals surface area contributed by atoms with Gasteiger partial charge in [0.2, 0.25) is 5.78 Å². The zero-order valence-electron chi connectivity index (χ0n) is 15.6. The first-order valence-electron chi connectivity index (χ1n) is 9.53. The van der Waals surface area contributed by atoms with Crippen molar-refractivity contribution in [2.24, 2.45) is 0 Å². The van der Waals surface area contributed by atoms with Crippen LogP contribution in [0.25, 0.3) is 28.1 Å². The number of benzene rings is 2. The van der Waals surface area contributed by atoms with Gasteiger partial charge in [0.1, 0.15) is 0 Å². The molecule has 0 radical (unpaired) electrons. The summed E-state index contributed by atoms with van der Waals surface area (Å²) >= 11 is 0. The fourth-order valence-corrected chi connectivity index (χ4v) is 4.06. The van der Waals surface area contributed by atoms with Gasteiger partial charge in [-0.25, -0.2) is 4.98 Å². The maximum absolute atomic E-state index is 9.01. The molecule has 6 heteroatoms. The fraction of sp³-hybridized carbons (Fsp3) is 0.273. The minimum absolute atomic E-state index is 0. The predicted octanol–water partition coefficient (Wildman–Crippen LogP) is 4.35. The Morgan fingerprint density at radius 2 is 1.64 bits per heavy atom. The van der Waals surface area contributed by atoms with E-state index in [1.165, 1.54) is 37.0 Å². The third-order valence-electron chi connectivity index (χ3n) is 5.51. The van der Waals surface area contributed by atoms with Crippen LogP contribution in [0.2, 0.25) is 0 Å². The Bertz CT molecular complexity index is 1140. The summed E-state index contributed by atoms with van der Waals surface area (Å²) in [7, 11) is 0. The van der Waals surface area contributed by atoms with Crippen LogP contribution in [0.15, 0.2) is 54.7 Å². The number of hydrogen-bond acceptors (Lipinski definition) is 3. The summed E-state index contributed by atoms with van der Waals surface area (Å²) in [5.74, 6) is 0.981. The SMILES string of the molecule is Cl.N#Cc1ccc(-c2cn3c4ccccc4n(CCN4CCCC4)c3n2)cc1. The highest BCUT2D eigenvalue weighted by Crippen LogP contribution is 2.26. The van der Waals surface area contributed by atoms with Crippen LogP contribution in [0.4, 0.5) is 0 Å². The smallest absolute Gasteiger partial charge is 0.215 e. The first-order chi connectivity index (χ1) is 13.3. The molecule has 1 saturated heterocycles. The Morgan fingerprint density at radius 1 is 0.929 bits per heavy atom. The summed E-state index contributed by atoms with van der Waals surface area (Å²) in [6, 6.07) is 18.3. The minimum Gasteiger partial charge on any atom is -0.308 e. The second-order valence-electron chi connectivity index (χ2n) is 7.17. The topological polar surface area (TPSA) is 49.3 Å². The molecule has 142 valence electrons. The Morgan fingerprint density at radius 3 is 2.36 bits per heavy atom. The number of nitriles is 1. The minimum atomic E-state index is 0. The van der Waals surface area contributed by atoms with Crippen molar-refractivity contribution in [2.45, 2.75) is 19.4 Å². The first kappa shape index (κ1) is 18.5. The number of fused-ring (bicyclic) bond motifs is 3. The van der Waals surface area contributed by atoms with E-state index in [2.05, 4.69) is 50.4 Å². The molecule has 0 spiro atoms. The summed E-state index contributed by atoms with van der Waals surface area (Å²) in [5.41, 5.74) is 5.05. The van der Waals surface area contributed by atoms with Gasteiger partial charge in [-0.1, -0.05) is 24.3 Å². The van der Waals surface area contributed by atoms with Crippen LogP contribution in [0.3, 0.4) is 0 Å². The van der Waals surface area contributed by atoms with E-state index >= 15 is 0 Å². The van der Waals surface area contributed by atoms with Gasteiger partial charge in [-0.05, 0) is 50.2 Å². The van der Waals surface area contributed by atoms with E-state index in [1.807, 2.05) is 24.3 Å². The van der Waals surface area contributed by atoms with E-state index in [-0.39, 0.29) is 12.4 Å². The molecule has 2 aromatic heterocycles. The lowest BCUT2D eigenvalue weighted by molar-refractivity contribution is 0.325. The molecule has 1 fully saturated rings. The lowest BCUT2D eigenvalue weighted by atomic mass is 10.1. The molecule has 0 saturated carbocycles. The molecule has 3 heterocycles. The highest BCUT2D eigenvalue weighted by molar-refractivity contribution is 5.85. The summed E-state index contributed by atoms with van der Waals surface area (Å²) < 4.78 is 4.52. The molecular weight excluding hydrogens is 370 g/mol. The number of aromatic nitrogens is 3. The van der Waals surface area contributed by atoms with Gasteiger partial charge in [0.15, 0.2) is 0 Å². The largest absolute Gasteiger partial charge is 0.308 e. The van der Waals surface area contributed by atoms with Crippen molar-refractivity contribution in [3.05, 3.63) is 60.3 Å². The highest BCUT2D eigenvalue weighted by atomic mass is 35.5. The number of halogens is 1. The molecule has 0 aliphatic carbocycles. The lowest BCUT2D eigenvalue weighted by Gasteiger charge is -2.15. The monoisotopic (exact) mass is 391 g/mol. The maximum Gasteiger partial charge on any atom is 0.215 e. The van der Waals surface area contributed by atoms with E-state index in [0.717, 1.165) is 30.1 Å². The van der Waals surface area contributed by atoms with Gasteiger partial charge in [0.05, 0.1) is 28.4 Å². The maximum atomic E-state index is 9.01. The van der Waals surface area contributed by atoms with Crippen molar-refractivity contribution in [1.29, 1.82) is 5.26 Å². The molecule has 0 unspecified atom stereocenters. The van der Waals surface area contributed by atoms with E-state index in [1.54, 1.807) is 0 Å². The van der Waals surface area contributed by atoms with Gasteiger partial charge in [-0.15, -0.1) is 12.4 Å². The standard InChI is InChI=1S/C22H21N5.ClH/c23-15-17-7-9-18(10-8-17)19-16-27-21-6-2-1-5-20(21)26(22(27)24-19)14-13-25-11-3-4-12-25;/h1-2,5-10,16H,3-4,11-14H2;1H. The normalized spacial score (nSPS) is 14.4. The molecule has 5 rings (SSSR count). The molecule has 28 heavy (non-hydrogen) atoms. The van der Waals surface area contributed by atoms with Gasteiger partial charge in [0.25, 0.3) is 0 Å². The number of nitrogens with zero attached hydrogens (tertiary/aromatic N) is 5. The van der Waals surface area contributed by atoms with Crippen molar-refractivity contribution in [3.8, 4) is 17.3 Å². The molecule has 4 aromatic rings. The van der Waals surface area contributed by atoms with Crippen molar-refractivity contribution in [1.82, 2.24) is 18.9 Å². The second-order valence-corrected chi connectivity index (χ2v) is 7.17. The van der Waals surface area contributed by atoms with Gasteiger partial charge < -0.3 is 9.47 Å². The number of likely N-dealkylation sites (tertiary alicyclic amines) is 1. The number of imidazole rings is 2. The van der Waals surface area contributed by atoms with E-state index in [9.17, 15) is 0 Å². The van der Waals surface area contributed by atoms with E-state index in [4.69, 9.17) is 10.2 Å². The predicted molar refractivity (Wildman–Crippen MR) is 114 cm³/mol. The molecular formula is C22H22ClN5. The van der Waals surface area contributed by atoms with E-state index in [0.29, 0.717) is 5.56 Å². The van der Waals surface area contributed by atoms with Crippen molar-refractivity contribution >= 4 is 29.2 Å². The summed E-state index contributed by atoms with van der Waals surface area (Å²) in [6.07, 6.45) is 4.73. The zero-order valence-corrected chi connectivity index (χ0v) is 16.4. The van der Waals surface area contributed by atoms with Crippen LogP contribution in [0.5, 0.6) is 0 Å². The Balaban J connectivity index is 0.00000192. The molecule has 1 aliphatic heterocycles. The second kappa shape index (κ2) is 7.67. The van der Waals surface area contributed by atoms with Crippen LogP contribution in [0, 0.1) is 11.3 Å². The number of rotatable bonds is 4. The highest BCUT2D eigenvalue weighted by Gasteiger charge is 2.16. The van der Waals surface area contributed by atoms with Crippen LogP contribution in [-0.4, -0.2) is 38.5 Å². The average Bonchev–Trinajstić information content (AvgIpc) is 3.43. The number of para-hydroxylation sites is 2. The van der Waals surface area contributed by atoms with Gasteiger partial charge >= 0.3 is 0 Å². The number of hydrogen-bond donors (Lipinski definition) is 0. The first-order valence-corrected chi connectivity index (χ1v) is 9.53. The van der Waals surface area contributed by atoms with Crippen LogP contribution < -0.4 is 0 Å². The van der Waals surface area contributed by atoms with Gasteiger partial charge in [0, 0.05) is 24.8 Å². The molecule has 1 aliphatic rings. The Hall–Kier alpha value is -2.81. The third-order valence-corrected chi connectivity index (χ3v) is 5.51. The lowest BCUT2D eigenvalue weighted by Crippen LogP contribution is -2.24. The van der Waals surface area contributed by atoms with Crippen LogP contribution >= 0.6 is 12.4 Å². The molecule has 0 N–H and O–H groups in total. The zero-order chi connectivity index (χ0) is 18.2. The van der Waals surface area contributed by atoms with Crippen LogP contribution in [-0.2, 0) is 6.54 Å². The Labute approximate surface area is 170 Å². The fourth-order valence-electron chi connectivity index (χ4n) is 4.06. The van der Waals surface area contributed by atoms with Crippen molar-refractivity contribution in [3.63, 3.8) is 0 Å². The third kappa shape index (κ3) is 3.15. The summed E-state index contributed by atoms with van der Waals surface area (Å²) in [4.78, 5) is 7.48. The van der Waals surface area contributed by atoms with E-state index < -0.39 is 0 Å². The molecule has 5 nitrogen and oxygen atoms in total. The average molecular weight is 392 g/mol. The van der Waals surface area contributed by atoms with Crippen molar-refractivity contribution < 1.29 is 0 Å². The molecule has 0 amide bonds. The Kier molecular flexibility index (Phi) is 5.08.